The summed E-state index contributed by atoms with van der Waals surface area (Å²) in [6, 6.07) is 0. The molecule has 0 nitrogen and oxygen atoms in total. The van der Waals surface area contributed by atoms with E-state index in [1.807, 2.05) is 0 Å². The zero-order valence-corrected chi connectivity index (χ0v) is 9.97. The first-order valence-corrected chi connectivity index (χ1v) is 6.02. The molecule has 0 bridgehead atoms. The van der Waals surface area contributed by atoms with Crippen LogP contribution in [0.25, 0.3) is 0 Å². The second-order valence-electron chi connectivity index (χ2n) is 4.51. The van der Waals surface area contributed by atoms with E-state index in [0.29, 0.717) is 0 Å². The molecule has 2 atom stereocenters. The average molecular weight is 183 g/mol. The topological polar surface area (TPSA) is 0 Å². The third-order valence-corrected chi connectivity index (χ3v) is 2.79. The normalized spacial score (nSPS) is 15.7. The maximum atomic E-state index is 2.41. The molecule has 79 valence electrons. The quantitative estimate of drug-likeness (QED) is 0.505. The van der Waals surface area contributed by atoms with Crippen LogP contribution in [0.1, 0.15) is 66.2 Å². The lowest BCUT2D eigenvalue weighted by Gasteiger charge is -2.14. The molecule has 0 fully saturated rings. The largest absolute Gasteiger partial charge is 0.0654 e. The fourth-order valence-electron chi connectivity index (χ4n) is 1.78. The van der Waals surface area contributed by atoms with Crippen LogP contribution in [0.2, 0.25) is 0 Å². The van der Waals surface area contributed by atoms with Gasteiger partial charge in [-0.2, -0.15) is 0 Å². The van der Waals surface area contributed by atoms with E-state index in [1.54, 1.807) is 0 Å². The highest BCUT2D eigenvalue weighted by Crippen LogP contribution is 2.19. The van der Waals surface area contributed by atoms with E-state index >= 15 is 0 Å². The van der Waals surface area contributed by atoms with Gasteiger partial charge in [0.15, 0.2) is 0 Å². The molecule has 0 aromatic carbocycles. The SMILES string of the molecule is CC[CH]CC(C)CCC(C)CCC. The van der Waals surface area contributed by atoms with Crippen LogP contribution in [-0.4, -0.2) is 0 Å². The summed E-state index contributed by atoms with van der Waals surface area (Å²) in [6.45, 7) is 9.28. The predicted molar refractivity (Wildman–Crippen MR) is 61.7 cm³/mol. The van der Waals surface area contributed by atoms with Gasteiger partial charge in [-0.1, -0.05) is 59.8 Å². The van der Waals surface area contributed by atoms with Crippen LogP contribution in [0.3, 0.4) is 0 Å². The lowest BCUT2D eigenvalue weighted by atomic mass is 9.92. The lowest BCUT2D eigenvalue weighted by molar-refractivity contribution is 0.405. The molecule has 0 heteroatoms. The second-order valence-corrected chi connectivity index (χ2v) is 4.51. The Bertz CT molecular complexity index is 96.2. The van der Waals surface area contributed by atoms with Crippen LogP contribution in [0.5, 0.6) is 0 Å². The van der Waals surface area contributed by atoms with E-state index in [9.17, 15) is 0 Å². The summed E-state index contributed by atoms with van der Waals surface area (Å²) < 4.78 is 0. The summed E-state index contributed by atoms with van der Waals surface area (Å²) in [6.07, 6.45) is 10.5. The predicted octanol–water partition coefficient (Wildman–Crippen LogP) is 4.84. The van der Waals surface area contributed by atoms with Crippen molar-refractivity contribution in [3.05, 3.63) is 6.42 Å². The van der Waals surface area contributed by atoms with Crippen LogP contribution in [0.4, 0.5) is 0 Å². The number of rotatable bonds is 8. The van der Waals surface area contributed by atoms with Gasteiger partial charge in [0.25, 0.3) is 0 Å². The highest BCUT2D eigenvalue weighted by molar-refractivity contribution is 4.67. The van der Waals surface area contributed by atoms with Gasteiger partial charge in [0.05, 0.1) is 0 Å². The summed E-state index contributed by atoms with van der Waals surface area (Å²) in [5.41, 5.74) is 0. The van der Waals surface area contributed by atoms with Crippen LogP contribution in [-0.2, 0) is 0 Å². The molecule has 0 aliphatic carbocycles. The Morgan fingerprint density at radius 2 is 1.54 bits per heavy atom. The summed E-state index contributed by atoms with van der Waals surface area (Å²) in [5.74, 6) is 1.84. The Morgan fingerprint density at radius 3 is 2.08 bits per heavy atom. The van der Waals surface area contributed by atoms with Crippen molar-refractivity contribution in [1.29, 1.82) is 0 Å². The molecule has 0 heterocycles. The van der Waals surface area contributed by atoms with Crippen molar-refractivity contribution in [3.63, 3.8) is 0 Å². The van der Waals surface area contributed by atoms with Gasteiger partial charge in [0.1, 0.15) is 0 Å². The molecule has 0 aromatic heterocycles. The molecular weight excluding hydrogens is 156 g/mol. The van der Waals surface area contributed by atoms with Gasteiger partial charge >= 0.3 is 0 Å². The molecule has 0 amide bonds. The summed E-state index contributed by atoms with van der Waals surface area (Å²) in [7, 11) is 0. The van der Waals surface area contributed by atoms with E-state index in [2.05, 4.69) is 34.1 Å². The molecule has 0 saturated heterocycles. The zero-order chi connectivity index (χ0) is 10.1. The average Bonchev–Trinajstić information content (AvgIpc) is 2.12. The van der Waals surface area contributed by atoms with Crippen LogP contribution in [0, 0.1) is 18.3 Å². The Labute approximate surface area is 85.1 Å². The summed E-state index contributed by atoms with van der Waals surface area (Å²) >= 11 is 0. The second kappa shape index (κ2) is 8.59. The molecule has 13 heavy (non-hydrogen) atoms. The van der Waals surface area contributed by atoms with Crippen LogP contribution < -0.4 is 0 Å². The fourth-order valence-corrected chi connectivity index (χ4v) is 1.78. The third-order valence-electron chi connectivity index (χ3n) is 2.79. The summed E-state index contributed by atoms with van der Waals surface area (Å²) in [4.78, 5) is 0. The molecule has 0 aromatic rings. The third kappa shape index (κ3) is 8.33. The molecule has 0 saturated carbocycles. The van der Waals surface area contributed by atoms with E-state index < -0.39 is 0 Å². The van der Waals surface area contributed by atoms with Crippen molar-refractivity contribution in [1.82, 2.24) is 0 Å². The van der Waals surface area contributed by atoms with Gasteiger partial charge in [0.2, 0.25) is 0 Å². The maximum Gasteiger partial charge on any atom is -0.0386 e. The van der Waals surface area contributed by atoms with Gasteiger partial charge in [-0.15, -0.1) is 0 Å². The van der Waals surface area contributed by atoms with Gasteiger partial charge in [-0.25, -0.2) is 0 Å². The number of unbranched alkanes of at least 4 members (excludes halogenated alkanes) is 1. The molecule has 0 rings (SSSR count). The smallest absolute Gasteiger partial charge is 0.0386 e. The van der Waals surface area contributed by atoms with Crippen molar-refractivity contribution in [2.75, 3.05) is 0 Å². The number of hydrogen-bond acceptors (Lipinski definition) is 0. The minimum Gasteiger partial charge on any atom is -0.0654 e. The molecule has 1 radical (unpaired) electrons. The van der Waals surface area contributed by atoms with E-state index in [1.165, 1.54) is 38.5 Å². The Balaban J connectivity index is 3.29. The first kappa shape index (κ1) is 13.0. The Kier molecular flexibility index (Phi) is 8.59. The number of hydrogen-bond donors (Lipinski definition) is 0. The first-order chi connectivity index (χ1) is 6.20. The van der Waals surface area contributed by atoms with E-state index in [0.717, 1.165) is 11.8 Å². The standard InChI is InChI=1S/C13H27/c1-5-7-9-13(4)11-10-12(3)8-6-2/h7,12-13H,5-6,8-11H2,1-4H3. The Hall–Kier alpha value is 0. The summed E-state index contributed by atoms with van der Waals surface area (Å²) in [5, 5.41) is 0. The van der Waals surface area contributed by atoms with Crippen LogP contribution in [0.15, 0.2) is 0 Å². The maximum absolute atomic E-state index is 2.41. The minimum absolute atomic E-state index is 0.902. The fraction of sp³-hybridized carbons (Fsp3) is 0.923. The monoisotopic (exact) mass is 183 g/mol. The zero-order valence-electron chi connectivity index (χ0n) is 9.97. The van der Waals surface area contributed by atoms with Crippen molar-refractivity contribution in [3.8, 4) is 0 Å². The molecule has 0 spiro atoms. The van der Waals surface area contributed by atoms with Gasteiger partial charge in [-0.3, -0.25) is 0 Å². The van der Waals surface area contributed by atoms with Crippen molar-refractivity contribution < 1.29 is 0 Å². The first-order valence-electron chi connectivity index (χ1n) is 6.02. The highest BCUT2D eigenvalue weighted by Gasteiger charge is 2.05. The van der Waals surface area contributed by atoms with Crippen LogP contribution >= 0.6 is 0 Å². The lowest BCUT2D eigenvalue weighted by Crippen LogP contribution is -2.00. The minimum atomic E-state index is 0.902. The molecule has 0 N–H and O–H groups in total. The van der Waals surface area contributed by atoms with Gasteiger partial charge in [0, 0.05) is 0 Å². The van der Waals surface area contributed by atoms with Gasteiger partial charge < -0.3 is 0 Å². The van der Waals surface area contributed by atoms with E-state index in [4.69, 9.17) is 0 Å². The highest BCUT2D eigenvalue weighted by atomic mass is 14.1. The van der Waals surface area contributed by atoms with Crippen molar-refractivity contribution >= 4 is 0 Å². The Morgan fingerprint density at radius 1 is 0.923 bits per heavy atom. The molecule has 0 aliphatic heterocycles. The van der Waals surface area contributed by atoms with Crippen molar-refractivity contribution in [2.45, 2.75) is 66.2 Å². The van der Waals surface area contributed by atoms with E-state index in [-0.39, 0.29) is 0 Å². The molecular formula is C13H27. The van der Waals surface area contributed by atoms with Gasteiger partial charge in [-0.05, 0) is 24.7 Å². The van der Waals surface area contributed by atoms with Crippen molar-refractivity contribution in [2.24, 2.45) is 11.8 Å². The molecule has 2 unspecified atom stereocenters. The molecule has 0 aliphatic rings.